The van der Waals surface area contributed by atoms with Crippen LogP contribution in [0.15, 0.2) is 28.7 Å². The van der Waals surface area contributed by atoms with E-state index in [0.29, 0.717) is 10.0 Å². The third-order valence-corrected chi connectivity index (χ3v) is 1.93. The molecule has 0 atom stereocenters. The van der Waals surface area contributed by atoms with E-state index in [1.807, 2.05) is 0 Å². The number of nitrogens with zero attached hydrogens (tertiary/aromatic N) is 1. The molecule has 0 heterocycles. The molecule has 12 heavy (non-hydrogen) atoms. The van der Waals surface area contributed by atoms with Crippen LogP contribution in [0.2, 0.25) is 0 Å². The van der Waals surface area contributed by atoms with Crippen molar-refractivity contribution in [3.63, 3.8) is 0 Å². The van der Waals surface area contributed by atoms with E-state index in [-0.39, 0.29) is 5.82 Å². The minimum Gasteiger partial charge on any atom is -0.205 e. The Kier molecular flexibility index (Phi) is 3.01. The smallest absolute Gasteiger partial charge is 0.144 e. The Hall–Kier alpha value is -1.14. The first-order valence-corrected chi connectivity index (χ1v) is 4.05. The minimum absolute atomic E-state index is 0.344. The highest BCUT2D eigenvalue weighted by Crippen LogP contribution is 2.19. The second-order valence-electron chi connectivity index (χ2n) is 2.11. The largest absolute Gasteiger partial charge is 0.205 e. The van der Waals surface area contributed by atoms with Crippen molar-refractivity contribution >= 4 is 22.0 Å². The maximum Gasteiger partial charge on any atom is 0.144 e. The van der Waals surface area contributed by atoms with Gasteiger partial charge in [0.15, 0.2) is 0 Å². The summed E-state index contributed by atoms with van der Waals surface area (Å²) in [7, 11) is 0. The van der Waals surface area contributed by atoms with E-state index in [1.54, 1.807) is 24.3 Å². The average molecular weight is 226 g/mol. The molecule has 0 amide bonds. The van der Waals surface area contributed by atoms with Crippen LogP contribution in [0.1, 0.15) is 5.56 Å². The van der Waals surface area contributed by atoms with E-state index < -0.39 is 0 Å². The summed E-state index contributed by atoms with van der Waals surface area (Å²) in [5.41, 5.74) is 0.408. The van der Waals surface area contributed by atoms with Crippen LogP contribution in [0, 0.1) is 17.1 Å². The lowest BCUT2D eigenvalue weighted by atomic mass is 10.2. The molecule has 3 heteroatoms. The Morgan fingerprint density at radius 1 is 1.50 bits per heavy atom. The summed E-state index contributed by atoms with van der Waals surface area (Å²) in [5, 5.41) is 8.22. The molecule has 0 unspecified atom stereocenters. The third-order valence-electron chi connectivity index (χ3n) is 1.32. The number of hydrogen-bond donors (Lipinski definition) is 0. The predicted octanol–water partition coefficient (Wildman–Crippen LogP) is 3.12. The molecule has 0 spiro atoms. The van der Waals surface area contributed by atoms with Gasteiger partial charge in [0, 0.05) is 11.6 Å². The van der Waals surface area contributed by atoms with Crippen LogP contribution < -0.4 is 0 Å². The maximum absolute atomic E-state index is 13.1. The molecule has 1 aromatic rings. The quantitative estimate of drug-likeness (QED) is 0.675. The summed E-state index contributed by atoms with van der Waals surface area (Å²) < 4.78 is 13.5. The Morgan fingerprint density at radius 3 is 2.92 bits per heavy atom. The fraction of sp³-hybridized carbons (Fsp3) is 0. The lowest BCUT2D eigenvalue weighted by Gasteiger charge is -1.96. The number of nitriles is 1. The SMILES string of the molecule is N#CC=Cc1cccc(Br)c1F. The van der Waals surface area contributed by atoms with Crippen LogP contribution in [0.25, 0.3) is 6.08 Å². The monoisotopic (exact) mass is 225 g/mol. The van der Waals surface area contributed by atoms with Crippen LogP contribution in [-0.4, -0.2) is 0 Å². The molecule has 0 aliphatic heterocycles. The van der Waals surface area contributed by atoms with E-state index in [0.717, 1.165) is 0 Å². The highest BCUT2D eigenvalue weighted by molar-refractivity contribution is 9.10. The molecule has 0 fully saturated rings. The molecule has 60 valence electrons. The molecule has 0 saturated carbocycles. The summed E-state index contributed by atoms with van der Waals surface area (Å²) in [6.07, 6.45) is 2.67. The molecule has 0 radical (unpaired) electrons. The Balaban J connectivity index is 3.10. The summed E-state index contributed by atoms with van der Waals surface area (Å²) >= 11 is 3.05. The van der Waals surface area contributed by atoms with Crippen LogP contribution in [-0.2, 0) is 0 Å². The average Bonchev–Trinajstić information content (AvgIpc) is 2.08. The van der Waals surface area contributed by atoms with Gasteiger partial charge < -0.3 is 0 Å². The molecule has 0 aliphatic carbocycles. The first-order chi connectivity index (χ1) is 5.75. The number of benzene rings is 1. The molecule has 1 nitrogen and oxygen atoms in total. The van der Waals surface area contributed by atoms with Gasteiger partial charge in [0.25, 0.3) is 0 Å². The Labute approximate surface area is 78.3 Å². The summed E-state index contributed by atoms with van der Waals surface area (Å²) in [4.78, 5) is 0. The topological polar surface area (TPSA) is 23.8 Å². The van der Waals surface area contributed by atoms with E-state index in [1.165, 1.54) is 12.2 Å². The third kappa shape index (κ3) is 1.93. The predicted molar refractivity (Wildman–Crippen MR) is 48.7 cm³/mol. The van der Waals surface area contributed by atoms with Crippen LogP contribution in [0.4, 0.5) is 4.39 Å². The molecule has 0 aromatic heterocycles. The van der Waals surface area contributed by atoms with Gasteiger partial charge in [-0.05, 0) is 28.1 Å². The summed E-state index contributed by atoms with van der Waals surface area (Å²) in [5.74, 6) is -0.344. The van der Waals surface area contributed by atoms with Crippen molar-refractivity contribution in [1.29, 1.82) is 5.26 Å². The highest BCUT2D eigenvalue weighted by Gasteiger charge is 2.01. The van der Waals surface area contributed by atoms with Crippen molar-refractivity contribution < 1.29 is 4.39 Å². The zero-order valence-corrected chi connectivity index (χ0v) is 7.68. The standard InChI is InChI=1S/C9H5BrFN/c10-8-5-1-3-7(9(8)11)4-2-6-12/h1-5H. The molecular weight excluding hydrogens is 221 g/mol. The molecule has 0 aliphatic rings. The van der Waals surface area contributed by atoms with Gasteiger partial charge in [0.1, 0.15) is 5.82 Å². The van der Waals surface area contributed by atoms with Crippen molar-refractivity contribution in [2.24, 2.45) is 0 Å². The molecule has 0 saturated heterocycles. The van der Waals surface area contributed by atoms with Gasteiger partial charge in [-0.3, -0.25) is 0 Å². The van der Waals surface area contributed by atoms with Crippen molar-refractivity contribution in [1.82, 2.24) is 0 Å². The van der Waals surface area contributed by atoms with Crippen molar-refractivity contribution in [2.75, 3.05) is 0 Å². The zero-order valence-electron chi connectivity index (χ0n) is 6.09. The van der Waals surface area contributed by atoms with Crippen molar-refractivity contribution in [3.05, 3.63) is 40.1 Å². The van der Waals surface area contributed by atoms with Gasteiger partial charge in [-0.1, -0.05) is 12.1 Å². The van der Waals surface area contributed by atoms with E-state index >= 15 is 0 Å². The van der Waals surface area contributed by atoms with Crippen molar-refractivity contribution in [3.8, 4) is 6.07 Å². The summed E-state index contributed by atoms with van der Waals surface area (Å²) in [6, 6.07) is 6.73. The number of rotatable bonds is 1. The fourth-order valence-electron chi connectivity index (χ4n) is 0.776. The van der Waals surface area contributed by atoms with Gasteiger partial charge in [-0.2, -0.15) is 5.26 Å². The highest BCUT2D eigenvalue weighted by atomic mass is 79.9. The van der Waals surface area contributed by atoms with Gasteiger partial charge in [0.05, 0.1) is 10.5 Å². The molecular formula is C9H5BrFN. The van der Waals surface area contributed by atoms with E-state index in [4.69, 9.17) is 5.26 Å². The number of hydrogen-bond acceptors (Lipinski definition) is 1. The van der Waals surface area contributed by atoms with E-state index in [2.05, 4.69) is 15.9 Å². The van der Waals surface area contributed by atoms with Gasteiger partial charge in [-0.25, -0.2) is 4.39 Å². The van der Waals surface area contributed by atoms with Crippen LogP contribution >= 0.6 is 15.9 Å². The van der Waals surface area contributed by atoms with E-state index in [9.17, 15) is 4.39 Å². The second-order valence-corrected chi connectivity index (χ2v) is 2.96. The zero-order chi connectivity index (χ0) is 8.97. The van der Waals surface area contributed by atoms with Crippen LogP contribution in [0.3, 0.4) is 0 Å². The lowest BCUT2D eigenvalue weighted by molar-refractivity contribution is 0.618. The summed E-state index contributed by atoms with van der Waals surface area (Å²) in [6.45, 7) is 0. The van der Waals surface area contributed by atoms with Gasteiger partial charge in [0.2, 0.25) is 0 Å². The van der Waals surface area contributed by atoms with Gasteiger partial charge >= 0.3 is 0 Å². The number of halogens is 2. The first-order valence-electron chi connectivity index (χ1n) is 3.26. The normalized spacial score (nSPS) is 10.1. The molecule has 0 bridgehead atoms. The maximum atomic E-state index is 13.1. The van der Waals surface area contributed by atoms with Gasteiger partial charge in [-0.15, -0.1) is 0 Å². The Morgan fingerprint density at radius 2 is 2.25 bits per heavy atom. The van der Waals surface area contributed by atoms with Crippen molar-refractivity contribution in [2.45, 2.75) is 0 Å². The molecule has 0 N–H and O–H groups in total. The van der Waals surface area contributed by atoms with Crippen LogP contribution in [0.5, 0.6) is 0 Å². The minimum atomic E-state index is -0.344. The fourth-order valence-corrected chi connectivity index (χ4v) is 1.16. The second kappa shape index (κ2) is 4.03. The Bertz CT molecular complexity index is 352. The number of allylic oxidation sites excluding steroid dienone is 1. The molecule has 1 rings (SSSR count). The lowest BCUT2D eigenvalue weighted by Crippen LogP contribution is -1.81. The molecule has 1 aromatic carbocycles. The first kappa shape index (κ1) is 8.95.